The van der Waals surface area contributed by atoms with Crippen LogP contribution in [0.1, 0.15) is 91.0 Å². The highest BCUT2D eigenvalue weighted by Crippen LogP contribution is 2.21. The van der Waals surface area contributed by atoms with Crippen molar-refractivity contribution < 1.29 is 33.8 Å². The molecule has 0 unspecified atom stereocenters. The number of fused-ring (bicyclic) bond motifs is 1. The van der Waals surface area contributed by atoms with Gasteiger partial charge in [-0.1, -0.05) is 100 Å². The molecule has 0 aliphatic carbocycles. The van der Waals surface area contributed by atoms with Gasteiger partial charge < -0.3 is 36.1 Å². The highest BCUT2D eigenvalue weighted by Gasteiger charge is 2.33. The standard InChI is InChI=1S/C46H62N6O7/c1-29(2)22-36(40(53)21-20-33-18-13-17-32-16-11-12-19-35(32)33)49-42(55)26-41(54)37(23-30(3)4)50-44(57)39(25-34-27-47-28-48-34)51-43(56)38(24-31-14-9-8-10-15-31)52-45(58)59-46(5,6)7/h8-19,27-30,36-39,41,54H,20-26H2,1-7H3,(H,47,48)(H,49,55)(H,50,57)(H,51,56)(H,52,58)/t36-,37-,38-,39-,41-/m0/s1. The van der Waals surface area contributed by atoms with Gasteiger partial charge >= 0.3 is 6.09 Å². The van der Waals surface area contributed by atoms with Crippen molar-refractivity contribution in [1.29, 1.82) is 0 Å². The van der Waals surface area contributed by atoms with Crippen LogP contribution in [-0.4, -0.2) is 80.5 Å². The van der Waals surface area contributed by atoms with Crippen LogP contribution in [0.25, 0.3) is 10.8 Å². The van der Waals surface area contributed by atoms with E-state index < -0.39 is 59.7 Å². The summed E-state index contributed by atoms with van der Waals surface area (Å²) < 4.78 is 5.44. The second-order valence-corrected chi connectivity index (χ2v) is 17.1. The zero-order valence-corrected chi connectivity index (χ0v) is 35.4. The third kappa shape index (κ3) is 15.6. The molecule has 0 fully saturated rings. The van der Waals surface area contributed by atoms with E-state index in [1.165, 1.54) is 12.5 Å². The number of rotatable bonds is 21. The number of ketones is 1. The number of H-pyrrole nitrogens is 1. The number of aryl methyl sites for hydroxylation is 1. The Hall–Kier alpha value is -5.56. The van der Waals surface area contributed by atoms with Gasteiger partial charge in [-0.05, 0) is 73.8 Å². The first-order valence-electron chi connectivity index (χ1n) is 20.6. The van der Waals surface area contributed by atoms with Crippen molar-refractivity contribution in [3.05, 3.63) is 102 Å². The van der Waals surface area contributed by atoms with E-state index in [9.17, 15) is 29.1 Å². The van der Waals surface area contributed by atoms with Gasteiger partial charge in [0.25, 0.3) is 0 Å². The predicted molar refractivity (Wildman–Crippen MR) is 228 cm³/mol. The van der Waals surface area contributed by atoms with Crippen LogP contribution in [0.5, 0.6) is 0 Å². The first kappa shape index (κ1) is 46.1. The topological polar surface area (TPSA) is 192 Å². The molecular formula is C46H62N6O7. The Labute approximate surface area is 347 Å². The second kappa shape index (κ2) is 22.0. The largest absolute Gasteiger partial charge is 0.444 e. The molecular weight excluding hydrogens is 749 g/mol. The van der Waals surface area contributed by atoms with E-state index in [2.05, 4.69) is 31.2 Å². The summed E-state index contributed by atoms with van der Waals surface area (Å²) >= 11 is 0. The summed E-state index contributed by atoms with van der Waals surface area (Å²) in [5.41, 5.74) is 1.58. The normalized spacial score (nSPS) is 14.2. The molecule has 6 N–H and O–H groups in total. The SMILES string of the molecule is CC(C)C[C@H](NC(=O)C[C@H](O)[C@H](CC(C)C)NC(=O)[C@H](Cc1cnc[nH]1)NC(=O)[C@H](Cc1ccccc1)NC(=O)OC(C)(C)C)C(=O)CCc1cccc2ccccc12. The molecule has 1 aromatic heterocycles. The predicted octanol–water partition coefficient (Wildman–Crippen LogP) is 5.74. The van der Waals surface area contributed by atoms with Crippen molar-refractivity contribution in [3.63, 3.8) is 0 Å². The molecule has 0 spiro atoms. The number of benzene rings is 3. The average molecular weight is 811 g/mol. The number of hydrogen-bond donors (Lipinski definition) is 6. The van der Waals surface area contributed by atoms with E-state index in [0.29, 0.717) is 25.0 Å². The highest BCUT2D eigenvalue weighted by molar-refractivity contribution is 5.92. The molecule has 0 aliphatic heterocycles. The Balaban J connectivity index is 1.46. The molecule has 59 heavy (non-hydrogen) atoms. The molecule has 1 heterocycles. The molecule has 4 aromatic rings. The first-order valence-corrected chi connectivity index (χ1v) is 20.6. The molecule has 0 aliphatic rings. The number of amides is 4. The van der Waals surface area contributed by atoms with Gasteiger partial charge in [-0.25, -0.2) is 9.78 Å². The summed E-state index contributed by atoms with van der Waals surface area (Å²) in [7, 11) is 0. The minimum Gasteiger partial charge on any atom is -0.444 e. The molecule has 13 nitrogen and oxygen atoms in total. The van der Waals surface area contributed by atoms with Crippen LogP contribution in [-0.2, 0) is 43.2 Å². The average Bonchev–Trinajstić information content (AvgIpc) is 3.68. The zero-order chi connectivity index (χ0) is 43.1. The Morgan fingerprint density at radius 3 is 2.05 bits per heavy atom. The van der Waals surface area contributed by atoms with Gasteiger partial charge in [0.1, 0.15) is 17.7 Å². The Morgan fingerprint density at radius 2 is 1.39 bits per heavy atom. The lowest BCUT2D eigenvalue weighted by Gasteiger charge is -2.29. The summed E-state index contributed by atoms with van der Waals surface area (Å²) in [4.78, 5) is 75.0. The van der Waals surface area contributed by atoms with Crippen molar-refractivity contribution >= 4 is 40.4 Å². The van der Waals surface area contributed by atoms with Crippen molar-refractivity contribution in [3.8, 4) is 0 Å². The fourth-order valence-corrected chi connectivity index (χ4v) is 6.98. The lowest BCUT2D eigenvalue weighted by atomic mass is 9.93. The molecule has 0 bridgehead atoms. The van der Waals surface area contributed by atoms with Crippen LogP contribution in [0, 0.1) is 11.8 Å². The number of hydrogen-bond acceptors (Lipinski definition) is 8. The number of aliphatic hydroxyl groups is 1. The maximum absolute atomic E-state index is 14.1. The fraction of sp³-hybridized carbons (Fsp3) is 0.478. The number of carbonyl (C=O) groups is 5. The van der Waals surface area contributed by atoms with Crippen LogP contribution >= 0.6 is 0 Å². The molecule has 4 amide bonds. The number of aliphatic hydroxyl groups excluding tert-OH is 1. The Bertz CT molecular complexity index is 1970. The number of alkyl carbamates (subject to hydrolysis) is 1. The molecule has 3 aromatic carbocycles. The van der Waals surface area contributed by atoms with E-state index >= 15 is 0 Å². The maximum atomic E-state index is 14.1. The Morgan fingerprint density at radius 1 is 0.746 bits per heavy atom. The number of nitrogens with zero attached hydrogens (tertiary/aromatic N) is 1. The second-order valence-electron chi connectivity index (χ2n) is 17.1. The van der Waals surface area contributed by atoms with Crippen LogP contribution in [0.15, 0.2) is 85.3 Å². The fourth-order valence-electron chi connectivity index (χ4n) is 6.98. The maximum Gasteiger partial charge on any atom is 0.408 e. The smallest absolute Gasteiger partial charge is 0.408 e. The number of Topliss-reactive ketones (excluding diaryl/α,β-unsaturated/α-hetero) is 1. The Kier molecular flexibility index (Phi) is 17.2. The number of nitrogens with one attached hydrogen (secondary N) is 5. The van der Waals surface area contributed by atoms with Crippen molar-refractivity contribution in [2.75, 3.05) is 0 Å². The van der Waals surface area contributed by atoms with Gasteiger partial charge in [-0.2, -0.15) is 0 Å². The molecule has 0 saturated carbocycles. The first-order chi connectivity index (χ1) is 28.0. The number of imidazole rings is 1. The van der Waals surface area contributed by atoms with Crippen LogP contribution < -0.4 is 21.3 Å². The summed E-state index contributed by atoms with van der Waals surface area (Å²) in [6.07, 6.45) is 2.19. The number of ether oxygens (including phenoxy) is 1. The van der Waals surface area contributed by atoms with Gasteiger partial charge in [0, 0.05) is 31.2 Å². The summed E-state index contributed by atoms with van der Waals surface area (Å²) in [6, 6.07) is 19.3. The number of carbonyl (C=O) groups excluding carboxylic acids is 5. The molecule has 0 radical (unpaired) electrons. The van der Waals surface area contributed by atoms with E-state index in [1.54, 1.807) is 20.8 Å². The lowest BCUT2D eigenvalue weighted by Crippen LogP contribution is -2.58. The number of aromatic nitrogens is 2. The van der Waals surface area contributed by atoms with E-state index in [0.717, 1.165) is 21.9 Å². The van der Waals surface area contributed by atoms with Gasteiger partial charge in [0.2, 0.25) is 17.7 Å². The van der Waals surface area contributed by atoms with Crippen molar-refractivity contribution in [1.82, 2.24) is 31.2 Å². The van der Waals surface area contributed by atoms with Crippen LogP contribution in [0.4, 0.5) is 4.79 Å². The third-order valence-electron chi connectivity index (χ3n) is 9.77. The minimum absolute atomic E-state index is 0.0104. The van der Waals surface area contributed by atoms with Gasteiger partial charge in [-0.3, -0.25) is 19.2 Å². The van der Waals surface area contributed by atoms with Crippen molar-refractivity contribution in [2.24, 2.45) is 11.8 Å². The number of aromatic amines is 1. The van der Waals surface area contributed by atoms with Crippen molar-refractivity contribution in [2.45, 2.75) is 129 Å². The third-order valence-corrected chi connectivity index (χ3v) is 9.77. The monoisotopic (exact) mass is 810 g/mol. The van der Waals surface area contributed by atoms with E-state index in [1.807, 2.05) is 100 Å². The highest BCUT2D eigenvalue weighted by atomic mass is 16.6. The van der Waals surface area contributed by atoms with Crippen LogP contribution in [0.3, 0.4) is 0 Å². The lowest BCUT2D eigenvalue weighted by molar-refractivity contribution is -0.132. The summed E-state index contributed by atoms with van der Waals surface area (Å²) in [5, 5.41) is 24.9. The quantitative estimate of drug-likeness (QED) is 0.0614. The summed E-state index contributed by atoms with van der Waals surface area (Å²) in [5.74, 6) is -1.70. The summed E-state index contributed by atoms with van der Waals surface area (Å²) in [6.45, 7) is 13.0. The van der Waals surface area contributed by atoms with Gasteiger partial charge in [-0.15, -0.1) is 0 Å². The van der Waals surface area contributed by atoms with E-state index in [4.69, 9.17) is 4.74 Å². The van der Waals surface area contributed by atoms with E-state index in [-0.39, 0.29) is 43.3 Å². The van der Waals surface area contributed by atoms with Gasteiger partial charge in [0.05, 0.1) is 30.9 Å². The zero-order valence-electron chi connectivity index (χ0n) is 35.4. The molecule has 4 rings (SSSR count). The molecule has 0 saturated heterocycles. The van der Waals surface area contributed by atoms with Gasteiger partial charge in [0.15, 0.2) is 5.78 Å². The molecule has 318 valence electrons. The molecule has 5 atom stereocenters. The minimum atomic E-state index is -1.31. The van der Waals surface area contributed by atoms with Crippen LogP contribution in [0.2, 0.25) is 0 Å². The molecule has 13 heteroatoms.